The van der Waals surface area contributed by atoms with E-state index in [-0.39, 0.29) is 6.61 Å². The summed E-state index contributed by atoms with van der Waals surface area (Å²) in [5.41, 5.74) is 3.62. The molecule has 0 unspecified atom stereocenters. The molecule has 0 spiro atoms. The Labute approximate surface area is 134 Å². The maximum absolute atomic E-state index is 10.3. The predicted molar refractivity (Wildman–Crippen MR) is 92.1 cm³/mol. The molecule has 3 aromatic carbocycles. The van der Waals surface area contributed by atoms with E-state index in [2.05, 4.69) is 13.0 Å². The highest BCUT2D eigenvalue weighted by atomic mass is 16.3. The number of hydrogen-bond acceptors (Lipinski definition) is 3. The first-order valence-corrected chi connectivity index (χ1v) is 7.75. The van der Waals surface area contributed by atoms with Crippen molar-refractivity contribution in [2.24, 2.45) is 0 Å². The molecule has 3 nitrogen and oxygen atoms in total. The average molecular weight is 306 g/mol. The van der Waals surface area contributed by atoms with Crippen molar-refractivity contribution in [2.75, 3.05) is 0 Å². The van der Waals surface area contributed by atoms with Crippen LogP contribution in [-0.2, 0) is 6.61 Å². The van der Waals surface area contributed by atoms with E-state index >= 15 is 0 Å². The summed E-state index contributed by atoms with van der Waals surface area (Å²) in [5, 5.41) is 34.3. The third kappa shape index (κ3) is 1.94. The zero-order valence-electron chi connectivity index (χ0n) is 12.8. The molecule has 116 valence electrons. The molecule has 3 aromatic rings. The zero-order chi connectivity index (χ0) is 16.1. The monoisotopic (exact) mass is 306 g/mol. The van der Waals surface area contributed by atoms with Gasteiger partial charge in [-0.3, -0.25) is 0 Å². The quantitative estimate of drug-likeness (QED) is 0.605. The van der Waals surface area contributed by atoms with Gasteiger partial charge in [-0.1, -0.05) is 48.6 Å². The fraction of sp³-hybridized carbons (Fsp3) is 0.200. The van der Waals surface area contributed by atoms with Gasteiger partial charge in [-0.2, -0.15) is 0 Å². The minimum absolute atomic E-state index is 0.0692. The van der Waals surface area contributed by atoms with Crippen LogP contribution in [0.3, 0.4) is 0 Å². The molecule has 0 amide bonds. The maximum Gasteiger partial charge on any atom is 0.109 e. The normalized spacial score (nSPS) is 20.2. The smallest absolute Gasteiger partial charge is 0.109 e. The van der Waals surface area contributed by atoms with Crippen molar-refractivity contribution < 1.29 is 15.3 Å². The average Bonchev–Trinajstić information content (AvgIpc) is 2.58. The summed E-state index contributed by atoms with van der Waals surface area (Å²) < 4.78 is 0. The first-order valence-electron chi connectivity index (χ1n) is 7.75. The Bertz CT molecular complexity index is 956. The van der Waals surface area contributed by atoms with Gasteiger partial charge in [-0.15, -0.1) is 0 Å². The van der Waals surface area contributed by atoms with Crippen LogP contribution in [0.5, 0.6) is 0 Å². The highest BCUT2D eigenvalue weighted by Crippen LogP contribution is 2.39. The van der Waals surface area contributed by atoms with E-state index in [1.54, 1.807) is 6.08 Å². The number of aliphatic hydroxyl groups is 3. The molecule has 4 rings (SSSR count). The summed E-state index contributed by atoms with van der Waals surface area (Å²) in [6.45, 7) is 2.01. The van der Waals surface area contributed by atoms with Crippen LogP contribution in [0.2, 0.25) is 0 Å². The van der Waals surface area contributed by atoms with Crippen molar-refractivity contribution in [3.8, 4) is 0 Å². The largest absolute Gasteiger partial charge is 0.392 e. The Kier molecular flexibility index (Phi) is 3.23. The molecule has 0 bridgehead atoms. The standard InChI is InChI=1S/C20H18O3/c1-11-12-4-2-3-5-14(12)17(10-21)19-13(11)6-7-16-15(19)8-9-18(22)20(16)23/h2-9,18,20-23H,10H2,1H3/t18-,20-/m0/s1. The Hall–Kier alpha value is -2.20. The van der Waals surface area contributed by atoms with Crippen molar-refractivity contribution in [2.45, 2.75) is 25.7 Å². The van der Waals surface area contributed by atoms with Crippen molar-refractivity contribution in [1.82, 2.24) is 0 Å². The molecule has 0 radical (unpaired) electrons. The molecule has 3 heteroatoms. The Morgan fingerprint density at radius 1 is 0.957 bits per heavy atom. The summed E-state index contributed by atoms with van der Waals surface area (Å²) in [5.74, 6) is 0. The van der Waals surface area contributed by atoms with Gasteiger partial charge in [0.15, 0.2) is 0 Å². The number of benzene rings is 3. The van der Waals surface area contributed by atoms with E-state index in [1.165, 1.54) is 0 Å². The molecule has 23 heavy (non-hydrogen) atoms. The number of fused-ring (bicyclic) bond motifs is 4. The highest BCUT2D eigenvalue weighted by molar-refractivity contribution is 6.09. The molecule has 0 aliphatic heterocycles. The Balaban J connectivity index is 2.23. The lowest BCUT2D eigenvalue weighted by molar-refractivity contribution is 0.0471. The topological polar surface area (TPSA) is 60.7 Å². The summed E-state index contributed by atoms with van der Waals surface area (Å²) >= 11 is 0. The van der Waals surface area contributed by atoms with E-state index in [0.29, 0.717) is 5.56 Å². The van der Waals surface area contributed by atoms with Crippen LogP contribution in [0.15, 0.2) is 42.5 Å². The molecule has 0 saturated carbocycles. The summed E-state index contributed by atoms with van der Waals surface area (Å²) in [7, 11) is 0. The molecule has 0 aromatic heterocycles. The van der Waals surface area contributed by atoms with Gasteiger partial charge in [0, 0.05) is 0 Å². The van der Waals surface area contributed by atoms with Crippen molar-refractivity contribution in [3.63, 3.8) is 0 Å². The van der Waals surface area contributed by atoms with Gasteiger partial charge >= 0.3 is 0 Å². The van der Waals surface area contributed by atoms with E-state index in [4.69, 9.17) is 0 Å². The van der Waals surface area contributed by atoms with Gasteiger partial charge in [0.05, 0.1) is 6.61 Å². The SMILES string of the molecule is Cc1c2ccccc2c(CO)c2c3c(ccc12)[C@H](O)[C@@H](O)C=C3. The lowest BCUT2D eigenvalue weighted by atomic mass is 9.84. The third-order valence-electron chi connectivity index (χ3n) is 4.90. The summed E-state index contributed by atoms with van der Waals surface area (Å²) in [6, 6.07) is 11.9. The van der Waals surface area contributed by atoms with Crippen LogP contribution in [0.25, 0.3) is 27.6 Å². The Morgan fingerprint density at radius 2 is 1.70 bits per heavy atom. The first-order chi connectivity index (χ1) is 11.1. The Morgan fingerprint density at radius 3 is 2.43 bits per heavy atom. The van der Waals surface area contributed by atoms with Gasteiger partial charge in [0.1, 0.15) is 12.2 Å². The van der Waals surface area contributed by atoms with E-state index in [9.17, 15) is 15.3 Å². The van der Waals surface area contributed by atoms with Gasteiger partial charge in [0.2, 0.25) is 0 Å². The fourth-order valence-electron chi connectivity index (χ4n) is 3.71. The van der Waals surface area contributed by atoms with Crippen LogP contribution in [0.1, 0.15) is 28.4 Å². The van der Waals surface area contributed by atoms with Gasteiger partial charge in [0.25, 0.3) is 0 Å². The van der Waals surface area contributed by atoms with Crippen LogP contribution in [0.4, 0.5) is 0 Å². The zero-order valence-corrected chi connectivity index (χ0v) is 12.8. The van der Waals surface area contributed by atoms with Crippen molar-refractivity contribution in [1.29, 1.82) is 0 Å². The maximum atomic E-state index is 10.3. The third-order valence-corrected chi connectivity index (χ3v) is 4.90. The predicted octanol–water partition coefficient (Wildman–Crippen LogP) is 3.21. The summed E-state index contributed by atoms with van der Waals surface area (Å²) in [4.78, 5) is 0. The molecule has 3 N–H and O–H groups in total. The van der Waals surface area contributed by atoms with E-state index in [0.717, 1.165) is 38.2 Å². The summed E-state index contributed by atoms with van der Waals surface area (Å²) in [6.07, 6.45) is 1.64. The molecule has 1 aliphatic carbocycles. The second-order valence-corrected chi connectivity index (χ2v) is 6.09. The minimum atomic E-state index is -0.933. The van der Waals surface area contributed by atoms with Crippen LogP contribution in [-0.4, -0.2) is 21.4 Å². The molecular formula is C20H18O3. The molecule has 0 saturated heterocycles. The van der Waals surface area contributed by atoms with Crippen LogP contribution in [0, 0.1) is 6.92 Å². The lowest BCUT2D eigenvalue weighted by Gasteiger charge is -2.25. The van der Waals surface area contributed by atoms with Crippen LogP contribution < -0.4 is 0 Å². The second-order valence-electron chi connectivity index (χ2n) is 6.09. The molecule has 1 aliphatic rings. The lowest BCUT2D eigenvalue weighted by Crippen LogP contribution is -2.19. The number of rotatable bonds is 1. The van der Waals surface area contributed by atoms with Crippen molar-refractivity contribution in [3.05, 3.63) is 64.7 Å². The molecule has 2 atom stereocenters. The minimum Gasteiger partial charge on any atom is -0.392 e. The fourth-order valence-corrected chi connectivity index (χ4v) is 3.71. The van der Waals surface area contributed by atoms with Gasteiger partial charge in [-0.05, 0) is 50.7 Å². The first kappa shape index (κ1) is 14.4. The number of hydrogen-bond donors (Lipinski definition) is 3. The van der Waals surface area contributed by atoms with Gasteiger partial charge < -0.3 is 15.3 Å². The van der Waals surface area contributed by atoms with Crippen molar-refractivity contribution >= 4 is 27.6 Å². The van der Waals surface area contributed by atoms with E-state index < -0.39 is 12.2 Å². The molecule has 0 fully saturated rings. The number of aryl methyl sites for hydroxylation is 1. The van der Waals surface area contributed by atoms with Gasteiger partial charge in [-0.25, -0.2) is 0 Å². The molecule has 0 heterocycles. The molecular weight excluding hydrogens is 288 g/mol. The highest BCUT2D eigenvalue weighted by Gasteiger charge is 2.25. The van der Waals surface area contributed by atoms with E-state index in [1.807, 2.05) is 36.4 Å². The number of aliphatic hydroxyl groups excluding tert-OH is 3. The van der Waals surface area contributed by atoms with Crippen LogP contribution >= 0.6 is 0 Å². The second kappa shape index (κ2) is 5.17.